The second kappa shape index (κ2) is 46.0. The van der Waals surface area contributed by atoms with Crippen molar-refractivity contribution in [2.45, 2.75) is 289 Å². The van der Waals surface area contributed by atoms with Crippen molar-refractivity contribution in [3.8, 4) is 48.3 Å². The summed E-state index contributed by atoms with van der Waals surface area (Å²) < 4.78 is 22.7. The number of nitriles is 4. The lowest BCUT2D eigenvalue weighted by Crippen LogP contribution is -2.51. The fourth-order valence-corrected chi connectivity index (χ4v) is 17.7. The minimum atomic E-state index is 0.0201. The minimum absolute atomic E-state index is 0.0201. The van der Waals surface area contributed by atoms with Crippen molar-refractivity contribution >= 4 is 51.6 Å². The number of piperidine rings is 3. The number of urea groups is 1. The summed E-state index contributed by atoms with van der Waals surface area (Å²) in [6.45, 7) is 18.8. The Morgan fingerprint density at radius 2 is 0.853 bits per heavy atom. The molecule has 5 saturated heterocycles. The molecule has 0 aromatic carbocycles. The number of allylic oxidation sites excluding steroid dienone is 8. The van der Waals surface area contributed by atoms with E-state index in [4.69, 9.17) is 41.9 Å². The van der Waals surface area contributed by atoms with Gasteiger partial charge >= 0.3 is 30.1 Å². The molecule has 116 heavy (non-hydrogen) atoms. The van der Waals surface area contributed by atoms with E-state index in [0.29, 0.717) is 112 Å². The van der Waals surface area contributed by atoms with Crippen LogP contribution in [0.2, 0.25) is 0 Å². The van der Waals surface area contributed by atoms with Gasteiger partial charge in [-0.25, -0.2) is 4.79 Å². The molecule has 0 spiro atoms. The van der Waals surface area contributed by atoms with Crippen LogP contribution in [0, 0.1) is 51.2 Å². The fraction of sp³-hybridized carbons (Fsp3) is 0.674. The molecule has 4 aromatic rings. The first-order valence-corrected chi connectivity index (χ1v) is 44.0. The Hall–Kier alpha value is -9.25. The Kier molecular flexibility index (Phi) is 35.4. The number of nitrogens with one attached hydrogen (secondary N) is 2. The second-order valence-corrected chi connectivity index (χ2v) is 33.0. The Morgan fingerprint density at radius 1 is 0.457 bits per heavy atom. The topological polar surface area (TPSA) is 393 Å². The minimum Gasteiger partial charge on any atom is -0.463 e. The number of likely N-dealkylation sites (N-methyl/N-ethyl adjacent to an activating group) is 1. The number of piperazine rings is 1. The van der Waals surface area contributed by atoms with Gasteiger partial charge in [-0.2, -0.15) is 60.9 Å². The van der Waals surface area contributed by atoms with E-state index in [9.17, 15) is 25.8 Å². The highest BCUT2D eigenvalue weighted by molar-refractivity contribution is 5.83. The monoisotopic (exact) mass is 1590 g/mol. The third-order valence-corrected chi connectivity index (χ3v) is 24.7. The van der Waals surface area contributed by atoms with Crippen molar-refractivity contribution in [3.63, 3.8) is 0 Å². The quantitative estimate of drug-likeness (QED) is 0.0230. The highest BCUT2D eigenvalue weighted by atomic mass is 16.5. The van der Waals surface area contributed by atoms with Gasteiger partial charge < -0.3 is 67.2 Å². The fourth-order valence-electron chi connectivity index (χ4n) is 17.7. The van der Waals surface area contributed by atoms with E-state index in [-0.39, 0.29) is 6.03 Å². The molecule has 27 nitrogen and oxygen atoms in total. The largest absolute Gasteiger partial charge is 0.463 e. The zero-order valence-electron chi connectivity index (χ0n) is 70.8. The first kappa shape index (κ1) is 89.1. The van der Waals surface area contributed by atoms with E-state index in [0.717, 1.165) is 256 Å². The summed E-state index contributed by atoms with van der Waals surface area (Å²) in [6, 6.07) is 13.2. The normalized spacial score (nSPS) is 19.6. The molecule has 5 aliphatic heterocycles. The number of amides is 2. The molecule has 0 radical (unpaired) electrons. The predicted octanol–water partition coefficient (Wildman–Crippen LogP) is 14.6. The molecule has 13 rings (SSSR count). The van der Waals surface area contributed by atoms with Gasteiger partial charge in [0.25, 0.3) is 0 Å². The molecule has 9 heterocycles. The van der Waals surface area contributed by atoms with Crippen LogP contribution in [0.4, 0.5) is 28.1 Å². The van der Waals surface area contributed by atoms with Crippen molar-refractivity contribution in [1.82, 2.24) is 70.1 Å². The van der Waals surface area contributed by atoms with Gasteiger partial charge in [-0.1, -0.05) is 85.5 Å². The zero-order valence-corrected chi connectivity index (χ0v) is 70.8. The van der Waals surface area contributed by atoms with E-state index in [1.165, 1.54) is 110 Å². The van der Waals surface area contributed by atoms with Crippen LogP contribution in [0.25, 0.3) is 22.3 Å². The first-order valence-electron chi connectivity index (χ1n) is 44.0. The van der Waals surface area contributed by atoms with E-state index in [1.807, 2.05) is 4.90 Å². The number of anilines is 4. The molecule has 2 amide bonds. The van der Waals surface area contributed by atoms with Gasteiger partial charge in [0.15, 0.2) is 0 Å². The van der Waals surface area contributed by atoms with Crippen LogP contribution in [0.1, 0.15) is 285 Å². The van der Waals surface area contributed by atoms with Gasteiger partial charge in [0.05, 0.1) is 73.5 Å². The smallest absolute Gasteiger partial charge is 0.318 e. The summed E-state index contributed by atoms with van der Waals surface area (Å²) in [5.74, 6) is 2.55. The van der Waals surface area contributed by atoms with Crippen molar-refractivity contribution in [1.29, 1.82) is 21.0 Å². The lowest BCUT2D eigenvalue weighted by Gasteiger charge is -2.38. The number of nitrogen functional groups attached to an aromatic ring is 4. The summed E-state index contributed by atoms with van der Waals surface area (Å²) in [4.78, 5) is 57.3. The third-order valence-electron chi connectivity index (χ3n) is 24.7. The number of nitrogens with two attached hydrogens (primary N) is 4. The molecule has 5 fully saturated rings. The Morgan fingerprint density at radius 3 is 1.24 bits per heavy atom. The second-order valence-electron chi connectivity index (χ2n) is 33.0. The van der Waals surface area contributed by atoms with E-state index in [1.54, 1.807) is 7.05 Å². The standard InChI is InChI=1S/C24H36N6O.C23H34N6O2.2C21H31N5O/c1-3-4-12-31-24-27-22-20(17(14-25)13-21(22)23(26)28-24)8-6-5-7-11-30-15-18-9-10-19(16-30)29(18)2;1-3-4-13-31-22-27-20-18(16(15-24)14-19(20)21(25)28-22)11-6-5-9-17-10-7-8-12-29(17)23(30)26-2;1-3-4-12-27-21-24-19-17(16(14-22)13-18(19)20(23)25-21)7-5-6-15-8-10-26(2)11-9-15;1-2-3-12-27-21-25-19-17(15(14-22)13-18(19)20(23)26-21)10-5-4-8-16-9-6-7-11-24-16/h18-19H,3-13,15-16H2,1-2H3,(H2,26,27,28);17H,3-14H2,1-2H3,(H,26,30)(H2,25,27,28);15H,3-13H2,1-2H3,(H2,23,24,25);16,24H,2-13H2,1H3,(H2,23,25,26). The van der Waals surface area contributed by atoms with Crippen LogP contribution >= 0.6 is 0 Å². The maximum Gasteiger partial charge on any atom is 0.318 e. The molecule has 27 heteroatoms. The lowest BCUT2D eigenvalue weighted by atomic mass is 9.90. The Bertz CT molecular complexity index is 4210. The molecule has 4 unspecified atom stereocenters. The van der Waals surface area contributed by atoms with E-state index >= 15 is 0 Å². The number of hydrogen-bond acceptors (Lipinski definition) is 25. The van der Waals surface area contributed by atoms with Gasteiger partial charge in [-0.3, -0.25) is 4.90 Å². The highest BCUT2D eigenvalue weighted by Crippen LogP contribution is 2.43. The van der Waals surface area contributed by atoms with E-state index in [2.05, 4.69) is 131 Å². The summed E-state index contributed by atoms with van der Waals surface area (Å²) >= 11 is 0. The van der Waals surface area contributed by atoms with E-state index < -0.39 is 0 Å². The maximum atomic E-state index is 12.1. The number of rotatable bonds is 36. The van der Waals surface area contributed by atoms with Crippen LogP contribution in [-0.4, -0.2) is 183 Å². The van der Waals surface area contributed by atoms with Crippen LogP contribution in [0.15, 0.2) is 22.3 Å². The third kappa shape index (κ3) is 24.4. The van der Waals surface area contributed by atoms with Crippen LogP contribution in [0.5, 0.6) is 24.0 Å². The molecule has 10 N–H and O–H groups in total. The first-order chi connectivity index (χ1) is 56.5. The molecular formula is C89H132N22O5. The molecule has 4 aliphatic carbocycles. The number of nitrogens with zero attached hydrogens (tertiary/aromatic N) is 16. The number of carbonyl (C=O) groups excluding carboxylic acids is 1. The van der Waals surface area contributed by atoms with Crippen LogP contribution < -0.4 is 52.5 Å². The predicted molar refractivity (Wildman–Crippen MR) is 457 cm³/mol. The molecule has 9 aliphatic rings. The zero-order chi connectivity index (χ0) is 82.3. The Balaban J connectivity index is 0.000000164. The maximum absolute atomic E-state index is 12.1. The van der Waals surface area contributed by atoms with Crippen molar-refractivity contribution in [2.75, 3.05) is 116 Å². The molecule has 2 bridgehead atoms. The molecule has 4 atom stereocenters. The molecule has 4 aromatic heterocycles. The van der Waals surface area contributed by atoms with Gasteiger partial charge in [0.2, 0.25) is 0 Å². The van der Waals surface area contributed by atoms with Gasteiger partial charge in [-0.05, 0) is 223 Å². The number of aromatic nitrogens is 8. The number of carbonyl (C=O) groups is 1. The van der Waals surface area contributed by atoms with Gasteiger partial charge in [0, 0.05) is 121 Å². The van der Waals surface area contributed by atoms with Crippen LogP contribution in [0.3, 0.4) is 0 Å². The van der Waals surface area contributed by atoms with Crippen molar-refractivity contribution < 1.29 is 23.7 Å². The van der Waals surface area contributed by atoms with Gasteiger partial charge in [0.1, 0.15) is 23.3 Å². The number of likely N-dealkylation sites (tertiary alicyclic amines) is 3. The molecule has 0 saturated carbocycles. The summed E-state index contributed by atoms with van der Waals surface area (Å²) in [7, 11) is 6.17. The van der Waals surface area contributed by atoms with Crippen molar-refractivity contribution in [3.05, 3.63) is 67.3 Å². The summed E-state index contributed by atoms with van der Waals surface area (Å²) in [5, 5.41) is 44.8. The SMILES string of the molecule is CCCCOc1nc(N)c2c(n1)C(CCCC1CCN(C)CC1)=C(C#N)C2.CCCCOc1nc(N)c2c(n1)C(CCCCC1CCCCN1)=C(C#N)C2.CCCCOc1nc(N)c2c(n1)C(CCCCC1CCCCN1C(=O)NC)=C(C#N)C2.CCCCOc1nc(N)c2c(n1)C(CCCCCN1CC3CCC(C1)N3C)=C(C#N)C2. The summed E-state index contributed by atoms with van der Waals surface area (Å²) in [5.41, 5.74) is 38.6. The highest BCUT2D eigenvalue weighted by Gasteiger charge is 2.38. The number of hydrogen-bond donors (Lipinski definition) is 6. The molecular weight excluding hydrogens is 1460 g/mol. The lowest BCUT2D eigenvalue weighted by molar-refractivity contribution is 0.0875. The Labute approximate surface area is 690 Å². The average molecular weight is 1590 g/mol. The average Bonchev–Trinajstić information content (AvgIpc) is 1.66. The number of ether oxygens (including phenoxy) is 4. The molecule has 628 valence electrons. The number of unbranched alkanes of at least 4 members (excludes halogenated alkanes) is 8. The van der Waals surface area contributed by atoms with Crippen molar-refractivity contribution in [2.24, 2.45) is 5.92 Å². The summed E-state index contributed by atoms with van der Waals surface area (Å²) in [6.07, 6.45) is 38.1. The number of fused-ring (bicyclic) bond motifs is 6. The van der Waals surface area contributed by atoms with Gasteiger partial charge in [-0.15, -0.1) is 0 Å². The van der Waals surface area contributed by atoms with Crippen LogP contribution in [-0.2, 0) is 25.7 Å².